The smallest absolute Gasteiger partial charge is 0.254 e. The lowest BCUT2D eigenvalue weighted by atomic mass is 9.77. The van der Waals surface area contributed by atoms with Crippen molar-refractivity contribution in [2.24, 2.45) is 5.73 Å². The number of hydrogen-bond acceptors (Lipinski definition) is 4. The number of carbonyl (C=O) groups is 2. The highest BCUT2D eigenvalue weighted by Gasteiger charge is 2.46. The molecule has 2 N–H and O–H groups in total. The topological polar surface area (TPSA) is 75.9 Å². The molecule has 1 fully saturated rings. The summed E-state index contributed by atoms with van der Waals surface area (Å²) in [5.41, 5.74) is 8.28. The lowest BCUT2D eigenvalue weighted by molar-refractivity contribution is -0.134. The second-order valence-corrected chi connectivity index (χ2v) is 7.91. The number of nitrogens with zero attached hydrogens (tertiary/aromatic N) is 2. The van der Waals surface area contributed by atoms with Gasteiger partial charge in [-0.2, -0.15) is 0 Å². The van der Waals surface area contributed by atoms with E-state index in [-0.39, 0.29) is 18.4 Å². The zero-order valence-electron chi connectivity index (χ0n) is 16.8. The summed E-state index contributed by atoms with van der Waals surface area (Å²) in [4.78, 5) is 29.7. The Morgan fingerprint density at radius 1 is 1.10 bits per heavy atom. The first kappa shape index (κ1) is 19.5. The molecule has 29 heavy (non-hydrogen) atoms. The number of rotatable bonds is 3. The number of methoxy groups -OCH3 is 1. The molecule has 4 rings (SSSR count). The minimum absolute atomic E-state index is 0.000900. The van der Waals surface area contributed by atoms with Gasteiger partial charge in [-0.15, -0.1) is 0 Å². The van der Waals surface area contributed by atoms with E-state index < -0.39 is 5.54 Å². The summed E-state index contributed by atoms with van der Waals surface area (Å²) < 4.78 is 5.22. The van der Waals surface area contributed by atoms with Crippen LogP contribution < -0.4 is 10.5 Å². The molecule has 2 heterocycles. The number of nitrogens with two attached hydrogens (primary N) is 1. The fourth-order valence-corrected chi connectivity index (χ4v) is 4.67. The molecule has 152 valence electrons. The van der Waals surface area contributed by atoms with Gasteiger partial charge < -0.3 is 20.3 Å². The summed E-state index contributed by atoms with van der Waals surface area (Å²) in [6, 6.07) is 15.5. The molecule has 1 spiro atoms. The molecule has 1 atom stereocenters. The van der Waals surface area contributed by atoms with Crippen molar-refractivity contribution in [3.63, 3.8) is 0 Å². The van der Waals surface area contributed by atoms with E-state index in [0.717, 1.165) is 25.0 Å². The standard InChI is InChI=1S/C23H27N3O3/c1-29-20-9-7-17(8-10-20)22(28)26-15-19-6-3-2-5-18(19)13-23(26)11-4-12-25(16-23)21(27)14-24/h2-3,5-10H,4,11-16,24H2,1H3. The number of benzene rings is 2. The normalized spacial score (nSPS) is 21.0. The van der Waals surface area contributed by atoms with Gasteiger partial charge in [-0.3, -0.25) is 9.59 Å². The predicted molar refractivity (Wildman–Crippen MR) is 111 cm³/mol. The van der Waals surface area contributed by atoms with Crippen LogP contribution in [-0.2, 0) is 17.8 Å². The molecule has 2 amide bonds. The Bertz CT molecular complexity index is 912. The van der Waals surface area contributed by atoms with Crippen LogP contribution in [0.2, 0.25) is 0 Å². The van der Waals surface area contributed by atoms with Gasteiger partial charge in [-0.25, -0.2) is 0 Å². The average molecular weight is 393 g/mol. The van der Waals surface area contributed by atoms with E-state index in [4.69, 9.17) is 10.5 Å². The van der Waals surface area contributed by atoms with Crippen LogP contribution in [0.25, 0.3) is 0 Å². The molecule has 1 saturated heterocycles. The largest absolute Gasteiger partial charge is 0.497 e. The quantitative estimate of drug-likeness (QED) is 0.868. The van der Waals surface area contributed by atoms with Crippen LogP contribution in [0.1, 0.15) is 34.3 Å². The minimum atomic E-state index is -0.408. The Balaban J connectivity index is 1.71. The van der Waals surface area contributed by atoms with E-state index >= 15 is 0 Å². The van der Waals surface area contributed by atoms with Gasteiger partial charge in [0.15, 0.2) is 0 Å². The van der Waals surface area contributed by atoms with Crippen LogP contribution in [0.5, 0.6) is 5.75 Å². The fourth-order valence-electron chi connectivity index (χ4n) is 4.67. The molecule has 0 radical (unpaired) electrons. The van der Waals surface area contributed by atoms with Gasteiger partial charge in [0.25, 0.3) is 5.91 Å². The van der Waals surface area contributed by atoms with E-state index in [1.165, 1.54) is 11.1 Å². The average Bonchev–Trinajstić information content (AvgIpc) is 2.77. The Labute approximate surface area is 171 Å². The molecule has 0 saturated carbocycles. The third-order valence-electron chi connectivity index (χ3n) is 6.20. The van der Waals surface area contributed by atoms with Gasteiger partial charge in [0.1, 0.15) is 5.75 Å². The summed E-state index contributed by atoms with van der Waals surface area (Å²) in [7, 11) is 1.61. The lowest BCUT2D eigenvalue weighted by Gasteiger charge is -2.52. The van der Waals surface area contributed by atoms with Crippen molar-refractivity contribution in [3.05, 3.63) is 65.2 Å². The van der Waals surface area contributed by atoms with E-state index in [1.807, 2.05) is 34.1 Å². The maximum atomic E-state index is 13.6. The first-order valence-corrected chi connectivity index (χ1v) is 10.1. The highest BCUT2D eigenvalue weighted by Crippen LogP contribution is 2.38. The Morgan fingerprint density at radius 3 is 2.52 bits per heavy atom. The maximum Gasteiger partial charge on any atom is 0.254 e. The Hall–Kier alpha value is -2.86. The zero-order chi connectivity index (χ0) is 20.4. The van der Waals surface area contributed by atoms with Gasteiger partial charge >= 0.3 is 0 Å². The van der Waals surface area contributed by atoms with Crippen molar-refractivity contribution in [1.82, 2.24) is 9.80 Å². The summed E-state index contributed by atoms with van der Waals surface area (Å²) >= 11 is 0. The van der Waals surface area contributed by atoms with Crippen molar-refractivity contribution in [3.8, 4) is 5.75 Å². The lowest BCUT2D eigenvalue weighted by Crippen LogP contribution is -2.64. The Morgan fingerprint density at radius 2 is 1.83 bits per heavy atom. The van der Waals surface area contributed by atoms with Crippen molar-refractivity contribution < 1.29 is 14.3 Å². The molecule has 2 aromatic carbocycles. The molecule has 0 bridgehead atoms. The van der Waals surface area contributed by atoms with E-state index in [9.17, 15) is 9.59 Å². The van der Waals surface area contributed by atoms with Crippen molar-refractivity contribution in [1.29, 1.82) is 0 Å². The number of carbonyl (C=O) groups excluding carboxylic acids is 2. The second-order valence-electron chi connectivity index (χ2n) is 7.91. The van der Waals surface area contributed by atoms with Crippen LogP contribution in [0.4, 0.5) is 0 Å². The van der Waals surface area contributed by atoms with Crippen LogP contribution >= 0.6 is 0 Å². The molecular weight excluding hydrogens is 366 g/mol. The van der Waals surface area contributed by atoms with Crippen LogP contribution in [0.3, 0.4) is 0 Å². The van der Waals surface area contributed by atoms with E-state index in [2.05, 4.69) is 12.1 Å². The minimum Gasteiger partial charge on any atom is -0.497 e. The number of hydrogen-bond donors (Lipinski definition) is 1. The van der Waals surface area contributed by atoms with Gasteiger partial charge in [-0.05, 0) is 54.7 Å². The highest BCUT2D eigenvalue weighted by molar-refractivity contribution is 5.95. The molecular formula is C23H27N3O3. The fraction of sp³-hybridized carbons (Fsp3) is 0.391. The van der Waals surface area contributed by atoms with Crippen molar-refractivity contribution in [2.45, 2.75) is 31.3 Å². The number of amides is 2. The highest BCUT2D eigenvalue weighted by atomic mass is 16.5. The molecule has 2 aliphatic rings. The molecule has 6 heteroatoms. The van der Waals surface area contributed by atoms with Gasteiger partial charge in [0, 0.05) is 25.2 Å². The summed E-state index contributed by atoms with van der Waals surface area (Å²) in [6.07, 6.45) is 2.48. The molecule has 0 aromatic heterocycles. The molecule has 1 unspecified atom stereocenters. The van der Waals surface area contributed by atoms with Gasteiger partial charge in [-0.1, -0.05) is 24.3 Å². The number of ether oxygens (including phenoxy) is 1. The Kier molecular flexibility index (Phi) is 5.28. The maximum absolute atomic E-state index is 13.6. The van der Waals surface area contributed by atoms with Crippen molar-refractivity contribution >= 4 is 11.8 Å². The SMILES string of the molecule is COc1ccc(C(=O)N2Cc3ccccc3CC23CCCN(C(=O)CN)C3)cc1. The molecule has 2 aliphatic heterocycles. The monoisotopic (exact) mass is 393 g/mol. The van der Waals surface area contributed by atoms with Gasteiger partial charge in [0.05, 0.1) is 19.2 Å². The first-order chi connectivity index (χ1) is 14.1. The first-order valence-electron chi connectivity index (χ1n) is 10.1. The molecule has 6 nitrogen and oxygen atoms in total. The van der Waals surface area contributed by atoms with Crippen LogP contribution in [0.15, 0.2) is 48.5 Å². The van der Waals surface area contributed by atoms with E-state index in [0.29, 0.717) is 25.2 Å². The van der Waals surface area contributed by atoms with Gasteiger partial charge in [0.2, 0.25) is 5.91 Å². The number of likely N-dealkylation sites (tertiary alicyclic amines) is 1. The summed E-state index contributed by atoms with van der Waals surface area (Å²) in [5, 5.41) is 0. The summed E-state index contributed by atoms with van der Waals surface area (Å²) in [6.45, 7) is 1.77. The van der Waals surface area contributed by atoms with Crippen molar-refractivity contribution in [2.75, 3.05) is 26.7 Å². The molecule has 0 aliphatic carbocycles. The van der Waals surface area contributed by atoms with E-state index in [1.54, 1.807) is 19.2 Å². The third kappa shape index (κ3) is 3.60. The zero-order valence-corrected chi connectivity index (χ0v) is 16.8. The number of piperidine rings is 1. The second kappa shape index (κ2) is 7.87. The third-order valence-corrected chi connectivity index (χ3v) is 6.20. The van der Waals surface area contributed by atoms with Crippen LogP contribution in [0, 0.1) is 0 Å². The summed E-state index contributed by atoms with van der Waals surface area (Å²) in [5.74, 6) is 0.654. The predicted octanol–water partition coefficient (Wildman–Crippen LogP) is 2.21. The van der Waals surface area contributed by atoms with Crippen LogP contribution in [-0.4, -0.2) is 53.9 Å². The molecule has 2 aromatic rings. The number of fused-ring (bicyclic) bond motifs is 1.